The van der Waals surface area contributed by atoms with E-state index in [2.05, 4.69) is 144 Å². The summed E-state index contributed by atoms with van der Waals surface area (Å²) in [7, 11) is 0. The van der Waals surface area contributed by atoms with Crippen molar-refractivity contribution in [2.24, 2.45) is 0 Å². The molecule has 4 nitrogen and oxygen atoms in total. The van der Waals surface area contributed by atoms with Crippen molar-refractivity contribution in [3.63, 3.8) is 0 Å². The summed E-state index contributed by atoms with van der Waals surface area (Å²) in [5.41, 5.74) is 10.2. The molecule has 0 spiro atoms. The summed E-state index contributed by atoms with van der Waals surface area (Å²) in [6.45, 7) is 0. The lowest BCUT2D eigenvalue weighted by Gasteiger charge is -2.15. The number of furan rings is 1. The minimum atomic E-state index is 0.787. The molecule has 0 saturated heterocycles. The molecule has 4 heterocycles. The van der Waals surface area contributed by atoms with Crippen LogP contribution in [0.25, 0.3) is 125 Å². The van der Waals surface area contributed by atoms with Crippen LogP contribution in [0, 0.1) is 0 Å². The van der Waals surface area contributed by atoms with Gasteiger partial charge < -0.3 is 8.98 Å². The normalized spacial score (nSPS) is 12.2. The number of benzene rings is 9. The Morgan fingerprint density at radius 1 is 0.439 bits per heavy atom. The second-order valence-electron chi connectivity index (χ2n) is 14.9. The van der Waals surface area contributed by atoms with Crippen molar-refractivity contribution in [1.82, 2.24) is 14.5 Å². The number of para-hydroxylation sites is 3. The van der Waals surface area contributed by atoms with Crippen LogP contribution < -0.4 is 0 Å². The third-order valence-corrected chi connectivity index (χ3v) is 12.8. The summed E-state index contributed by atoms with van der Waals surface area (Å²) in [5.74, 6) is 0. The van der Waals surface area contributed by atoms with E-state index < -0.39 is 0 Å². The van der Waals surface area contributed by atoms with Crippen LogP contribution in [-0.2, 0) is 0 Å². The molecule has 264 valence electrons. The van der Waals surface area contributed by atoms with E-state index >= 15 is 0 Å². The van der Waals surface area contributed by atoms with Crippen molar-refractivity contribution in [1.29, 1.82) is 0 Å². The predicted octanol–water partition coefficient (Wildman–Crippen LogP) is 14.6. The van der Waals surface area contributed by atoms with Gasteiger partial charge in [-0.2, -0.15) is 0 Å². The van der Waals surface area contributed by atoms with E-state index in [1.165, 1.54) is 58.0 Å². The standard InChI is InChI=1S/C52H29N3OS/c1-2-13-31(14-3-1)49-50(54-44-20-10-9-19-43(44)53-49)42-27-34(26-41-36-18-8-11-21-46(36)56-52(41)42)55-45-28-40-39-24-32-15-4-5-16-33(32)25-47(39)57-48(40)29-38(45)37-23-22-30-12-6-7-17-35(30)51(37)55/h1-29H. The first-order valence-corrected chi connectivity index (χ1v) is 20.0. The van der Waals surface area contributed by atoms with Crippen LogP contribution >= 0.6 is 11.3 Å². The van der Waals surface area contributed by atoms with Crippen LogP contribution in [0.3, 0.4) is 0 Å². The SMILES string of the molecule is c1ccc(-c2nc3ccccc3nc2-c2cc(-n3c4cc5c(cc4c4ccc6ccccc6c43)sc3cc4ccccc4cc35)cc3c2oc2ccccc23)cc1. The van der Waals surface area contributed by atoms with E-state index in [1.54, 1.807) is 0 Å². The summed E-state index contributed by atoms with van der Waals surface area (Å²) in [6, 6.07) is 63.0. The molecule has 0 aliphatic rings. The fourth-order valence-electron chi connectivity index (χ4n) is 9.10. The van der Waals surface area contributed by atoms with Crippen molar-refractivity contribution >= 4 is 108 Å². The Kier molecular flexibility index (Phi) is 6.29. The van der Waals surface area contributed by atoms with Gasteiger partial charge in [-0.1, -0.05) is 121 Å². The second-order valence-corrected chi connectivity index (χ2v) is 16.0. The number of fused-ring (bicyclic) bond motifs is 13. The molecule has 0 N–H and O–H groups in total. The zero-order valence-electron chi connectivity index (χ0n) is 30.4. The van der Waals surface area contributed by atoms with Crippen LogP contribution in [0.2, 0.25) is 0 Å². The molecule has 57 heavy (non-hydrogen) atoms. The van der Waals surface area contributed by atoms with Gasteiger partial charge in [-0.05, 0) is 70.8 Å². The molecule has 0 radical (unpaired) electrons. The zero-order chi connectivity index (χ0) is 37.2. The molecule has 0 fully saturated rings. The van der Waals surface area contributed by atoms with Gasteiger partial charge in [0, 0.05) is 63.9 Å². The van der Waals surface area contributed by atoms with Crippen LogP contribution in [0.15, 0.2) is 180 Å². The van der Waals surface area contributed by atoms with E-state index in [9.17, 15) is 0 Å². The average molecular weight is 744 g/mol. The number of thiophene rings is 1. The second kappa shape index (κ2) is 11.6. The maximum absolute atomic E-state index is 6.81. The van der Waals surface area contributed by atoms with Crippen LogP contribution in [0.4, 0.5) is 0 Å². The number of rotatable bonds is 3. The minimum Gasteiger partial charge on any atom is -0.455 e. The first kappa shape index (κ1) is 30.9. The molecular weight excluding hydrogens is 715 g/mol. The average Bonchev–Trinajstić information content (AvgIpc) is 3.93. The highest BCUT2D eigenvalue weighted by atomic mass is 32.1. The van der Waals surface area contributed by atoms with Gasteiger partial charge in [-0.25, -0.2) is 9.97 Å². The summed E-state index contributed by atoms with van der Waals surface area (Å²) >= 11 is 1.88. The highest BCUT2D eigenvalue weighted by molar-refractivity contribution is 7.26. The molecular formula is C52H29N3OS. The monoisotopic (exact) mass is 743 g/mol. The number of hydrogen-bond donors (Lipinski definition) is 0. The molecule has 0 aliphatic carbocycles. The largest absolute Gasteiger partial charge is 0.455 e. The zero-order valence-corrected chi connectivity index (χ0v) is 31.2. The molecule has 4 aromatic heterocycles. The number of aromatic nitrogens is 3. The highest BCUT2D eigenvalue weighted by Crippen LogP contribution is 2.46. The molecule has 0 unspecified atom stereocenters. The van der Waals surface area contributed by atoms with Gasteiger partial charge in [0.1, 0.15) is 16.9 Å². The Bertz CT molecular complexity index is 3820. The lowest BCUT2D eigenvalue weighted by molar-refractivity contribution is 0.669. The van der Waals surface area contributed by atoms with E-state index in [1.807, 2.05) is 47.7 Å². The number of nitrogens with zero attached hydrogens (tertiary/aromatic N) is 3. The summed E-state index contributed by atoms with van der Waals surface area (Å²) in [6.07, 6.45) is 0. The van der Waals surface area contributed by atoms with E-state index in [0.29, 0.717) is 0 Å². The summed E-state index contributed by atoms with van der Waals surface area (Å²) in [4.78, 5) is 10.7. The van der Waals surface area contributed by atoms with Crippen molar-refractivity contribution < 1.29 is 4.42 Å². The topological polar surface area (TPSA) is 43.9 Å². The molecule has 0 aliphatic heterocycles. The molecule has 0 saturated carbocycles. The van der Waals surface area contributed by atoms with Gasteiger partial charge in [0.05, 0.1) is 27.8 Å². The predicted molar refractivity (Wildman–Crippen MR) is 240 cm³/mol. The Hall–Kier alpha value is -7.34. The van der Waals surface area contributed by atoms with Gasteiger partial charge in [0.2, 0.25) is 0 Å². The summed E-state index contributed by atoms with van der Waals surface area (Å²) in [5, 5.41) is 12.0. The lowest BCUT2D eigenvalue weighted by atomic mass is 10.00. The maximum atomic E-state index is 6.81. The lowest BCUT2D eigenvalue weighted by Crippen LogP contribution is -1.99. The third kappa shape index (κ3) is 4.49. The third-order valence-electron chi connectivity index (χ3n) is 11.7. The number of hydrogen-bond acceptors (Lipinski definition) is 4. The fraction of sp³-hybridized carbons (Fsp3) is 0. The first-order valence-electron chi connectivity index (χ1n) is 19.2. The highest BCUT2D eigenvalue weighted by Gasteiger charge is 2.24. The first-order chi connectivity index (χ1) is 28.2. The Morgan fingerprint density at radius 3 is 1.95 bits per heavy atom. The maximum Gasteiger partial charge on any atom is 0.145 e. The Labute approximate surface area is 329 Å². The smallest absolute Gasteiger partial charge is 0.145 e. The van der Waals surface area contributed by atoms with E-state index in [-0.39, 0.29) is 0 Å². The van der Waals surface area contributed by atoms with Gasteiger partial charge in [-0.15, -0.1) is 11.3 Å². The Balaban J connectivity index is 1.20. The van der Waals surface area contributed by atoms with Crippen LogP contribution in [0.1, 0.15) is 0 Å². The fourth-order valence-corrected chi connectivity index (χ4v) is 10.3. The summed E-state index contributed by atoms with van der Waals surface area (Å²) < 4.78 is 11.9. The van der Waals surface area contributed by atoms with Gasteiger partial charge in [0.15, 0.2) is 0 Å². The molecule has 0 bridgehead atoms. The van der Waals surface area contributed by atoms with Crippen molar-refractivity contribution in [2.75, 3.05) is 0 Å². The van der Waals surface area contributed by atoms with Crippen molar-refractivity contribution in [3.05, 3.63) is 176 Å². The van der Waals surface area contributed by atoms with Crippen LogP contribution in [0.5, 0.6) is 0 Å². The quantitative estimate of drug-likeness (QED) is 0.181. The molecule has 0 amide bonds. The molecule has 5 heteroatoms. The Morgan fingerprint density at radius 2 is 1.11 bits per heavy atom. The van der Waals surface area contributed by atoms with Gasteiger partial charge >= 0.3 is 0 Å². The van der Waals surface area contributed by atoms with Crippen LogP contribution in [-0.4, -0.2) is 14.5 Å². The minimum absolute atomic E-state index is 0.787. The van der Waals surface area contributed by atoms with E-state index in [4.69, 9.17) is 14.4 Å². The molecule has 13 aromatic rings. The van der Waals surface area contributed by atoms with Crippen molar-refractivity contribution in [2.45, 2.75) is 0 Å². The van der Waals surface area contributed by atoms with Crippen molar-refractivity contribution in [3.8, 4) is 28.2 Å². The van der Waals surface area contributed by atoms with Gasteiger partial charge in [-0.3, -0.25) is 0 Å². The molecule has 0 atom stereocenters. The molecule has 13 rings (SSSR count). The molecule has 9 aromatic carbocycles. The van der Waals surface area contributed by atoms with E-state index in [0.717, 1.165) is 66.7 Å². The van der Waals surface area contributed by atoms with Gasteiger partial charge in [0.25, 0.3) is 0 Å².